The van der Waals surface area contributed by atoms with Gasteiger partial charge in [-0.05, 0) is 51.3 Å². The van der Waals surface area contributed by atoms with Crippen molar-refractivity contribution in [3.8, 4) is 0 Å². The number of hydrogen-bond donors (Lipinski definition) is 2. The van der Waals surface area contributed by atoms with Crippen LogP contribution in [0.4, 0.5) is 8.78 Å². The van der Waals surface area contributed by atoms with Crippen molar-refractivity contribution in [3.63, 3.8) is 0 Å². The summed E-state index contributed by atoms with van der Waals surface area (Å²) in [6.07, 6.45) is 2.40. The van der Waals surface area contributed by atoms with Gasteiger partial charge in [-0.1, -0.05) is 13.0 Å². The summed E-state index contributed by atoms with van der Waals surface area (Å²) in [6, 6.07) is 4.44. The number of benzene rings is 1. The van der Waals surface area contributed by atoms with Gasteiger partial charge in [0, 0.05) is 44.7 Å². The number of rotatable bonds is 9. The lowest BCUT2D eigenvalue weighted by molar-refractivity contribution is 0.0532. The Morgan fingerprint density at radius 1 is 1.20 bits per heavy atom. The first kappa shape index (κ1) is 27.0. The molecule has 1 aromatic rings. The van der Waals surface area contributed by atoms with Crippen LogP contribution in [0.3, 0.4) is 0 Å². The second kappa shape index (κ2) is 14.1. The van der Waals surface area contributed by atoms with Crippen molar-refractivity contribution >= 4 is 29.9 Å². The van der Waals surface area contributed by atoms with Crippen LogP contribution in [-0.2, 0) is 4.74 Å². The molecular formula is C22H37F2IN4O. The van der Waals surface area contributed by atoms with Crippen molar-refractivity contribution in [1.82, 2.24) is 15.5 Å². The minimum absolute atomic E-state index is 0. The number of hydrogen-bond acceptors (Lipinski definition) is 3. The Bertz CT molecular complexity index is 652. The van der Waals surface area contributed by atoms with E-state index in [2.05, 4.69) is 34.4 Å². The molecular weight excluding hydrogens is 501 g/mol. The van der Waals surface area contributed by atoms with Gasteiger partial charge in [0.25, 0.3) is 0 Å². The maximum atomic E-state index is 13.5. The maximum Gasteiger partial charge on any atom is 0.191 e. The number of nitrogens with one attached hydrogen (secondary N) is 2. The molecule has 5 nitrogen and oxygen atoms in total. The molecule has 172 valence electrons. The first-order chi connectivity index (χ1) is 13.9. The van der Waals surface area contributed by atoms with Gasteiger partial charge in [-0.2, -0.15) is 0 Å². The fraction of sp³-hybridized carbons (Fsp3) is 0.682. The fourth-order valence-corrected chi connectivity index (χ4v) is 3.38. The highest BCUT2D eigenvalue weighted by Crippen LogP contribution is 2.18. The Morgan fingerprint density at radius 2 is 1.90 bits per heavy atom. The summed E-state index contributed by atoms with van der Waals surface area (Å²) in [4.78, 5) is 7.11. The maximum absolute atomic E-state index is 13.5. The molecule has 1 aliphatic rings. The van der Waals surface area contributed by atoms with E-state index in [1.165, 1.54) is 12.1 Å². The normalized spacial score (nSPS) is 17.0. The summed E-state index contributed by atoms with van der Waals surface area (Å²) in [7, 11) is 0. The molecule has 1 atom stereocenters. The third-order valence-electron chi connectivity index (χ3n) is 5.17. The Kier molecular flexibility index (Phi) is 12.7. The predicted octanol–water partition coefficient (Wildman–Crippen LogP) is 4.13. The van der Waals surface area contributed by atoms with Crippen molar-refractivity contribution in [2.75, 3.05) is 39.3 Å². The van der Waals surface area contributed by atoms with E-state index < -0.39 is 11.6 Å². The first-order valence-corrected chi connectivity index (χ1v) is 10.7. The van der Waals surface area contributed by atoms with Crippen molar-refractivity contribution in [2.24, 2.45) is 4.99 Å². The SMILES string of the molecule is CCNC(=NCC(C)c1ccc(F)c(F)c1)NC1CCN(CCOC(C)C)CC1.I. The Balaban J connectivity index is 0.00000450. The molecule has 2 N–H and O–H groups in total. The molecule has 0 amide bonds. The molecule has 0 spiro atoms. The Labute approximate surface area is 197 Å². The number of guanidine groups is 1. The van der Waals surface area contributed by atoms with Gasteiger partial charge in [0.05, 0.1) is 12.7 Å². The lowest BCUT2D eigenvalue weighted by Crippen LogP contribution is -2.49. The van der Waals surface area contributed by atoms with E-state index in [0.717, 1.165) is 57.2 Å². The summed E-state index contributed by atoms with van der Waals surface area (Å²) in [6.45, 7) is 13.3. The summed E-state index contributed by atoms with van der Waals surface area (Å²) < 4.78 is 32.2. The second-order valence-corrected chi connectivity index (χ2v) is 7.97. The van der Waals surface area contributed by atoms with E-state index in [0.29, 0.717) is 12.6 Å². The lowest BCUT2D eigenvalue weighted by atomic mass is 10.0. The average molecular weight is 538 g/mol. The van der Waals surface area contributed by atoms with Crippen LogP contribution >= 0.6 is 24.0 Å². The highest BCUT2D eigenvalue weighted by Gasteiger charge is 2.20. The van der Waals surface area contributed by atoms with Crippen LogP contribution in [0.2, 0.25) is 0 Å². The first-order valence-electron chi connectivity index (χ1n) is 10.7. The standard InChI is InChI=1S/C22H36F2N4O.HI/c1-5-25-22(26-15-17(4)18-6-7-20(23)21(24)14-18)27-19-8-10-28(11-9-19)12-13-29-16(2)3;/h6-7,14,16-17,19H,5,8-13,15H2,1-4H3,(H2,25,26,27);1H. The molecule has 1 saturated heterocycles. The minimum Gasteiger partial charge on any atom is -0.377 e. The Morgan fingerprint density at radius 3 is 2.50 bits per heavy atom. The summed E-state index contributed by atoms with van der Waals surface area (Å²) in [5.74, 6) is -0.845. The van der Waals surface area contributed by atoms with E-state index in [1.807, 2.05) is 13.8 Å². The van der Waals surface area contributed by atoms with E-state index in [-0.39, 0.29) is 36.0 Å². The van der Waals surface area contributed by atoms with Crippen LogP contribution in [0, 0.1) is 11.6 Å². The van der Waals surface area contributed by atoms with Crippen LogP contribution < -0.4 is 10.6 Å². The van der Waals surface area contributed by atoms with Crippen LogP contribution in [0.15, 0.2) is 23.2 Å². The zero-order valence-electron chi connectivity index (χ0n) is 18.6. The number of aliphatic imine (C=N–C) groups is 1. The van der Waals surface area contributed by atoms with Crippen LogP contribution in [0.1, 0.15) is 52.0 Å². The molecule has 0 bridgehead atoms. The van der Waals surface area contributed by atoms with Crippen molar-refractivity contribution in [1.29, 1.82) is 0 Å². The van der Waals surface area contributed by atoms with E-state index >= 15 is 0 Å². The Hall–Kier alpha value is -1.00. The molecule has 1 aliphatic heterocycles. The number of nitrogens with zero attached hydrogens (tertiary/aromatic N) is 2. The topological polar surface area (TPSA) is 48.9 Å². The molecule has 1 fully saturated rings. The number of halogens is 3. The molecule has 30 heavy (non-hydrogen) atoms. The monoisotopic (exact) mass is 538 g/mol. The summed E-state index contributed by atoms with van der Waals surface area (Å²) >= 11 is 0. The van der Waals surface area contributed by atoms with E-state index in [1.54, 1.807) is 6.07 Å². The molecule has 1 unspecified atom stereocenters. The summed E-state index contributed by atoms with van der Waals surface area (Å²) in [5, 5.41) is 6.81. The van der Waals surface area contributed by atoms with Crippen LogP contribution in [-0.4, -0.2) is 62.3 Å². The minimum atomic E-state index is -0.818. The molecule has 0 saturated carbocycles. The second-order valence-electron chi connectivity index (χ2n) is 7.97. The molecule has 2 rings (SSSR count). The largest absolute Gasteiger partial charge is 0.377 e. The number of ether oxygens (including phenoxy) is 1. The molecule has 0 aliphatic carbocycles. The zero-order chi connectivity index (χ0) is 21.2. The zero-order valence-corrected chi connectivity index (χ0v) is 20.9. The summed E-state index contributed by atoms with van der Waals surface area (Å²) in [5.41, 5.74) is 0.750. The van der Waals surface area contributed by atoms with Crippen LogP contribution in [0.5, 0.6) is 0 Å². The van der Waals surface area contributed by atoms with Crippen molar-refractivity contribution < 1.29 is 13.5 Å². The molecule has 1 heterocycles. The lowest BCUT2D eigenvalue weighted by Gasteiger charge is -2.33. The highest BCUT2D eigenvalue weighted by molar-refractivity contribution is 14.0. The number of likely N-dealkylation sites (tertiary alicyclic amines) is 1. The number of piperidine rings is 1. The average Bonchev–Trinajstić information content (AvgIpc) is 2.69. The molecule has 1 aromatic carbocycles. The van der Waals surface area contributed by atoms with Gasteiger partial charge in [-0.15, -0.1) is 24.0 Å². The van der Waals surface area contributed by atoms with Gasteiger partial charge in [0.1, 0.15) is 0 Å². The van der Waals surface area contributed by atoms with Gasteiger partial charge in [0.2, 0.25) is 0 Å². The molecule has 8 heteroatoms. The van der Waals surface area contributed by atoms with E-state index in [4.69, 9.17) is 4.74 Å². The van der Waals surface area contributed by atoms with Crippen molar-refractivity contribution in [2.45, 2.75) is 58.6 Å². The highest BCUT2D eigenvalue weighted by atomic mass is 127. The van der Waals surface area contributed by atoms with Gasteiger partial charge < -0.3 is 20.3 Å². The smallest absolute Gasteiger partial charge is 0.191 e. The predicted molar refractivity (Wildman–Crippen MR) is 130 cm³/mol. The molecule has 0 aromatic heterocycles. The third kappa shape index (κ3) is 9.43. The van der Waals surface area contributed by atoms with Gasteiger partial charge >= 0.3 is 0 Å². The van der Waals surface area contributed by atoms with Gasteiger partial charge in [-0.25, -0.2) is 8.78 Å². The van der Waals surface area contributed by atoms with Gasteiger partial charge in [-0.3, -0.25) is 4.99 Å². The molecule has 0 radical (unpaired) electrons. The van der Waals surface area contributed by atoms with Gasteiger partial charge in [0.15, 0.2) is 17.6 Å². The van der Waals surface area contributed by atoms with Crippen molar-refractivity contribution in [3.05, 3.63) is 35.4 Å². The van der Waals surface area contributed by atoms with E-state index in [9.17, 15) is 8.78 Å². The fourth-order valence-electron chi connectivity index (χ4n) is 3.38. The third-order valence-corrected chi connectivity index (χ3v) is 5.17. The quantitative estimate of drug-likeness (QED) is 0.282. The van der Waals surface area contributed by atoms with Crippen LogP contribution in [0.25, 0.3) is 0 Å².